The Hall–Kier alpha value is -8.72. The second-order valence-corrected chi connectivity index (χ2v) is 17.3. The van der Waals surface area contributed by atoms with Crippen LogP contribution in [0, 0.1) is 0 Å². The quantitative estimate of drug-likeness (QED) is 0.159. The lowest BCUT2D eigenvalue weighted by Crippen LogP contribution is -2.12. The first kappa shape index (κ1) is 37.8. The number of anilines is 6. The number of rotatable bonds is 5. The Bertz CT molecular complexity index is 3670. The van der Waals surface area contributed by atoms with Crippen molar-refractivity contribution in [2.24, 2.45) is 0 Å². The molecule has 0 atom stereocenters. The van der Waals surface area contributed by atoms with E-state index in [4.69, 9.17) is 0 Å². The molecule has 11 aromatic carbocycles. The lowest BCUT2D eigenvalue weighted by Gasteiger charge is -2.29. The fourth-order valence-electron chi connectivity index (χ4n) is 10.4. The van der Waals surface area contributed by atoms with Gasteiger partial charge >= 0.3 is 0 Å². The predicted molar refractivity (Wildman–Crippen MR) is 282 cm³/mol. The van der Waals surface area contributed by atoms with Gasteiger partial charge in [-0.1, -0.05) is 200 Å². The molecule has 2 aliphatic heterocycles. The van der Waals surface area contributed by atoms with E-state index in [1.807, 2.05) is 0 Å². The molecule has 2 heterocycles. The molecule has 11 aromatic rings. The second-order valence-electron chi connectivity index (χ2n) is 17.3. The molecule has 2 heteroatoms. The highest BCUT2D eigenvalue weighted by atomic mass is 15.2. The number of hydrogen-bond donors (Lipinski definition) is 0. The summed E-state index contributed by atoms with van der Waals surface area (Å²) in [6.45, 7) is 0. The van der Waals surface area contributed by atoms with Crippen molar-refractivity contribution in [3.63, 3.8) is 0 Å². The molecule has 0 radical (unpaired) electrons. The van der Waals surface area contributed by atoms with E-state index in [2.05, 4.69) is 265 Å². The molecule has 0 aliphatic carbocycles. The predicted octanol–water partition coefficient (Wildman–Crippen LogP) is 18.1. The zero-order valence-corrected chi connectivity index (χ0v) is 36.1. The van der Waals surface area contributed by atoms with Crippen molar-refractivity contribution >= 4 is 90.7 Å². The molecule has 308 valence electrons. The maximum Gasteiger partial charge on any atom is 0.0534 e. The van der Waals surface area contributed by atoms with Crippen LogP contribution in [0.2, 0.25) is 0 Å². The van der Waals surface area contributed by atoms with Gasteiger partial charge in [0, 0.05) is 11.4 Å². The van der Waals surface area contributed by atoms with Crippen LogP contribution in [0.1, 0.15) is 22.3 Å². The van der Waals surface area contributed by atoms with Crippen LogP contribution in [0.15, 0.2) is 231 Å². The minimum Gasteiger partial charge on any atom is -0.309 e. The standard InChI is InChI=1S/C64H42N2/c1-2-14-43(15-3-1)45-26-33-50(34-27-45)63-55-38-36-54(66-61-24-12-8-19-48(61)31-32-49-20-9-13-25-62(49)66)42-58(55)64(52-35-28-44-16-4-5-21-51(44)40-52)56-39-37-53(41-57(56)63)65-59-22-10-6-17-46(59)29-30-47-18-7-11-23-60(47)65/h1-42H. The Morgan fingerprint density at radius 1 is 0.227 bits per heavy atom. The topological polar surface area (TPSA) is 6.48 Å². The lowest BCUT2D eigenvalue weighted by molar-refractivity contribution is 1.28. The van der Waals surface area contributed by atoms with Crippen LogP contribution in [0.3, 0.4) is 0 Å². The fourth-order valence-corrected chi connectivity index (χ4v) is 10.4. The SMILES string of the molecule is C1=Cc2ccccc2N(c2ccc3c(-c4ccc5ccccc5c4)c4cc(N5c6ccccc6C=Cc6ccccc65)ccc4c(-c4ccc(-c5ccccc5)cc4)c3c2)c2ccccc21. The van der Waals surface area contributed by atoms with Crippen molar-refractivity contribution in [2.45, 2.75) is 0 Å². The molecule has 2 nitrogen and oxygen atoms in total. The summed E-state index contributed by atoms with van der Waals surface area (Å²) in [4.78, 5) is 4.88. The first-order valence-corrected chi connectivity index (χ1v) is 22.7. The van der Waals surface area contributed by atoms with Gasteiger partial charge in [-0.2, -0.15) is 0 Å². The highest BCUT2D eigenvalue weighted by molar-refractivity contribution is 6.23. The molecule has 0 N–H and O–H groups in total. The maximum atomic E-state index is 2.45. The van der Waals surface area contributed by atoms with E-state index < -0.39 is 0 Å². The third-order valence-electron chi connectivity index (χ3n) is 13.5. The fraction of sp³-hybridized carbons (Fsp3) is 0. The van der Waals surface area contributed by atoms with Gasteiger partial charge in [-0.15, -0.1) is 0 Å². The smallest absolute Gasteiger partial charge is 0.0534 e. The van der Waals surface area contributed by atoms with E-state index in [0.29, 0.717) is 0 Å². The van der Waals surface area contributed by atoms with Crippen molar-refractivity contribution in [2.75, 3.05) is 9.80 Å². The molecule has 66 heavy (non-hydrogen) atoms. The molecule has 0 spiro atoms. The minimum atomic E-state index is 1.11. The largest absolute Gasteiger partial charge is 0.309 e. The van der Waals surface area contributed by atoms with Gasteiger partial charge < -0.3 is 9.80 Å². The molecule has 0 unspecified atom stereocenters. The maximum absolute atomic E-state index is 2.45. The van der Waals surface area contributed by atoms with Gasteiger partial charge in [-0.3, -0.25) is 0 Å². The van der Waals surface area contributed by atoms with E-state index >= 15 is 0 Å². The Balaban J connectivity index is 1.13. The molecular formula is C64H42N2. The van der Waals surface area contributed by atoms with Crippen molar-refractivity contribution in [1.29, 1.82) is 0 Å². The summed E-state index contributed by atoms with van der Waals surface area (Å²) in [5.41, 5.74) is 18.7. The van der Waals surface area contributed by atoms with Gasteiger partial charge in [0.15, 0.2) is 0 Å². The molecule has 0 amide bonds. The van der Waals surface area contributed by atoms with Crippen LogP contribution >= 0.6 is 0 Å². The second kappa shape index (κ2) is 15.5. The summed E-state index contributed by atoms with van der Waals surface area (Å²) < 4.78 is 0. The summed E-state index contributed by atoms with van der Waals surface area (Å²) in [6.07, 6.45) is 8.98. The first-order chi connectivity index (χ1) is 32.7. The summed E-state index contributed by atoms with van der Waals surface area (Å²) in [5, 5.41) is 7.25. The summed E-state index contributed by atoms with van der Waals surface area (Å²) in [6, 6.07) is 84.8. The first-order valence-electron chi connectivity index (χ1n) is 22.7. The molecule has 0 aromatic heterocycles. The number of fused-ring (bicyclic) bond motifs is 7. The van der Waals surface area contributed by atoms with Gasteiger partial charge in [0.25, 0.3) is 0 Å². The molecule has 0 saturated heterocycles. The lowest BCUT2D eigenvalue weighted by atomic mass is 9.84. The van der Waals surface area contributed by atoms with Gasteiger partial charge in [-0.25, -0.2) is 0 Å². The van der Waals surface area contributed by atoms with Crippen molar-refractivity contribution in [3.05, 3.63) is 253 Å². The third kappa shape index (κ3) is 6.26. The molecular weight excluding hydrogens is 797 g/mol. The minimum absolute atomic E-state index is 1.11. The van der Waals surface area contributed by atoms with E-state index in [-0.39, 0.29) is 0 Å². The van der Waals surface area contributed by atoms with Gasteiger partial charge in [-0.05, 0) is 143 Å². The Kier molecular flexibility index (Phi) is 8.89. The van der Waals surface area contributed by atoms with E-state index in [0.717, 1.165) is 34.1 Å². The number of nitrogens with zero attached hydrogens (tertiary/aromatic N) is 2. The summed E-state index contributed by atoms with van der Waals surface area (Å²) >= 11 is 0. The molecule has 2 aliphatic rings. The van der Waals surface area contributed by atoms with Crippen LogP contribution in [-0.4, -0.2) is 0 Å². The van der Waals surface area contributed by atoms with Crippen LogP contribution in [-0.2, 0) is 0 Å². The molecule has 0 fully saturated rings. The zero-order valence-electron chi connectivity index (χ0n) is 36.1. The van der Waals surface area contributed by atoms with E-state index in [9.17, 15) is 0 Å². The van der Waals surface area contributed by atoms with E-state index in [1.165, 1.54) is 88.0 Å². The monoisotopic (exact) mass is 838 g/mol. The summed E-state index contributed by atoms with van der Waals surface area (Å²) in [7, 11) is 0. The van der Waals surface area contributed by atoms with Crippen molar-refractivity contribution < 1.29 is 0 Å². The van der Waals surface area contributed by atoms with Gasteiger partial charge in [0.1, 0.15) is 0 Å². The van der Waals surface area contributed by atoms with Crippen molar-refractivity contribution in [3.8, 4) is 33.4 Å². The highest BCUT2D eigenvalue weighted by Crippen LogP contribution is 2.50. The zero-order chi connectivity index (χ0) is 43.6. The average Bonchev–Trinajstić information content (AvgIpc) is 3.66. The van der Waals surface area contributed by atoms with Crippen LogP contribution in [0.4, 0.5) is 34.1 Å². The Morgan fingerprint density at radius 3 is 1.11 bits per heavy atom. The van der Waals surface area contributed by atoms with Gasteiger partial charge in [0.2, 0.25) is 0 Å². The normalized spacial score (nSPS) is 12.7. The molecule has 0 saturated carbocycles. The third-order valence-corrected chi connectivity index (χ3v) is 13.5. The Labute approximate surface area is 384 Å². The molecule has 13 rings (SSSR count). The van der Waals surface area contributed by atoms with Crippen LogP contribution in [0.25, 0.3) is 90.0 Å². The Morgan fingerprint density at radius 2 is 0.606 bits per heavy atom. The van der Waals surface area contributed by atoms with Crippen molar-refractivity contribution in [1.82, 2.24) is 0 Å². The van der Waals surface area contributed by atoms with Crippen LogP contribution < -0.4 is 9.80 Å². The molecule has 0 bridgehead atoms. The average molecular weight is 839 g/mol. The number of hydrogen-bond acceptors (Lipinski definition) is 2. The van der Waals surface area contributed by atoms with Gasteiger partial charge in [0.05, 0.1) is 22.7 Å². The van der Waals surface area contributed by atoms with Crippen LogP contribution in [0.5, 0.6) is 0 Å². The number of para-hydroxylation sites is 4. The van der Waals surface area contributed by atoms with E-state index in [1.54, 1.807) is 0 Å². The highest BCUT2D eigenvalue weighted by Gasteiger charge is 2.25. The summed E-state index contributed by atoms with van der Waals surface area (Å²) in [5.74, 6) is 0. The number of benzene rings is 11.